The van der Waals surface area contributed by atoms with Gasteiger partial charge in [0.1, 0.15) is 0 Å². The van der Waals surface area contributed by atoms with Gasteiger partial charge in [-0.2, -0.15) is 18.3 Å². The fraction of sp³-hybridized carbons (Fsp3) is 0.400. The maximum Gasteiger partial charge on any atom is 0.417 e. The van der Waals surface area contributed by atoms with Crippen LogP contribution < -0.4 is 0 Å². The van der Waals surface area contributed by atoms with Crippen LogP contribution in [0.4, 0.5) is 13.2 Å². The van der Waals surface area contributed by atoms with Gasteiger partial charge in [-0.05, 0) is 39.0 Å². The quantitative estimate of drug-likeness (QED) is 0.798. The van der Waals surface area contributed by atoms with Gasteiger partial charge in [-0.15, -0.1) is 0 Å². The molecule has 0 saturated carbocycles. The Bertz CT molecular complexity index is 852. The lowest BCUT2D eigenvalue weighted by molar-refractivity contribution is -0.137. The fourth-order valence-electron chi connectivity index (χ4n) is 2.02. The summed E-state index contributed by atoms with van der Waals surface area (Å²) in [6, 6.07) is 2.57. The number of hydrogen-bond acceptors (Lipinski definition) is 3. The van der Waals surface area contributed by atoms with Crippen LogP contribution in [0.3, 0.4) is 0 Å². The highest BCUT2D eigenvalue weighted by Gasteiger charge is 2.34. The van der Waals surface area contributed by atoms with Crippen molar-refractivity contribution in [3.63, 3.8) is 0 Å². The van der Waals surface area contributed by atoms with E-state index < -0.39 is 37.2 Å². The summed E-state index contributed by atoms with van der Waals surface area (Å²) >= 11 is 5.52. The van der Waals surface area contributed by atoms with Crippen molar-refractivity contribution in [1.29, 1.82) is 0 Å². The van der Waals surface area contributed by atoms with E-state index in [-0.39, 0.29) is 5.54 Å². The zero-order valence-electron chi connectivity index (χ0n) is 13.2. The van der Waals surface area contributed by atoms with E-state index in [9.17, 15) is 21.6 Å². The minimum Gasteiger partial charge on any atom is -0.267 e. The molecule has 1 aromatic heterocycles. The van der Waals surface area contributed by atoms with Gasteiger partial charge in [-0.25, -0.2) is 8.42 Å². The average Bonchev–Trinajstić information content (AvgIpc) is 2.85. The topological polar surface area (TPSA) is 52.0 Å². The highest BCUT2D eigenvalue weighted by molar-refractivity contribution is 7.90. The number of benzene rings is 1. The molecule has 0 aliphatic heterocycles. The second-order valence-electron chi connectivity index (χ2n) is 6.36. The standard InChI is InChI=1S/C15H16ClF3N2O2S/c1-14(2,3)21-8-10(7-20-21)9-24(22,23)11-4-5-13(16)12(6-11)15(17,18)19/h4-8H,9H2,1-3H3. The van der Waals surface area contributed by atoms with Gasteiger partial charge in [0.05, 0.1) is 33.0 Å². The van der Waals surface area contributed by atoms with Crippen molar-refractivity contribution in [3.8, 4) is 0 Å². The molecule has 2 aromatic rings. The summed E-state index contributed by atoms with van der Waals surface area (Å²) in [5.74, 6) is -0.442. The molecule has 24 heavy (non-hydrogen) atoms. The van der Waals surface area contributed by atoms with Gasteiger partial charge in [0.15, 0.2) is 9.84 Å². The molecule has 4 nitrogen and oxygen atoms in total. The van der Waals surface area contributed by atoms with Gasteiger partial charge < -0.3 is 0 Å². The van der Waals surface area contributed by atoms with Gasteiger partial charge in [0, 0.05) is 11.8 Å². The number of rotatable bonds is 3. The Kier molecular flexibility index (Phi) is 4.76. The van der Waals surface area contributed by atoms with E-state index in [1.807, 2.05) is 20.8 Å². The van der Waals surface area contributed by atoms with Crippen LogP contribution in [0.1, 0.15) is 31.9 Å². The number of nitrogens with zero attached hydrogens (tertiary/aromatic N) is 2. The summed E-state index contributed by atoms with van der Waals surface area (Å²) in [6.45, 7) is 5.69. The minimum atomic E-state index is -4.72. The zero-order chi connectivity index (χ0) is 18.3. The maximum absolute atomic E-state index is 12.9. The number of aromatic nitrogens is 2. The normalized spacial score (nSPS) is 13.3. The summed E-state index contributed by atoms with van der Waals surface area (Å²) in [6.07, 6.45) is -1.76. The van der Waals surface area contributed by atoms with E-state index in [2.05, 4.69) is 5.10 Å². The first-order valence-electron chi connectivity index (χ1n) is 6.94. The third-order valence-electron chi connectivity index (χ3n) is 3.28. The number of halogens is 4. The average molecular weight is 381 g/mol. The van der Waals surface area contributed by atoms with Crippen molar-refractivity contribution in [2.75, 3.05) is 0 Å². The first-order chi connectivity index (χ1) is 10.8. The summed E-state index contributed by atoms with van der Waals surface area (Å²) < 4.78 is 65.1. The second-order valence-corrected chi connectivity index (χ2v) is 8.76. The molecule has 0 amide bonds. The molecule has 0 saturated heterocycles. The predicted octanol–water partition coefficient (Wildman–Crippen LogP) is 4.28. The van der Waals surface area contributed by atoms with E-state index in [0.717, 1.165) is 12.1 Å². The summed E-state index contributed by atoms with van der Waals surface area (Å²) in [5.41, 5.74) is -1.10. The van der Waals surface area contributed by atoms with Gasteiger partial charge in [-0.3, -0.25) is 4.68 Å². The highest BCUT2D eigenvalue weighted by atomic mass is 35.5. The molecule has 2 rings (SSSR count). The first kappa shape index (κ1) is 18.8. The fourth-order valence-corrected chi connectivity index (χ4v) is 3.57. The van der Waals surface area contributed by atoms with Crippen LogP contribution >= 0.6 is 11.6 Å². The molecule has 0 N–H and O–H groups in total. The molecule has 1 heterocycles. The Morgan fingerprint density at radius 1 is 1.21 bits per heavy atom. The van der Waals surface area contributed by atoms with Crippen LogP contribution in [0.5, 0.6) is 0 Å². The van der Waals surface area contributed by atoms with Crippen LogP contribution in [0.2, 0.25) is 5.02 Å². The van der Waals surface area contributed by atoms with Gasteiger partial charge in [0.2, 0.25) is 0 Å². The molecule has 0 radical (unpaired) electrons. The zero-order valence-corrected chi connectivity index (χ0v) is 14.8. The van der Waals surface area contributed by atoms with Crippen LogP contribution in [0.15, 0.2) is 35.5 Å². The molecule has 0 aliphatic rings. The van der Waals surface area contributed by atoms with Crippen molar-refractivity contribution in [2.24, 2.45) is 0 Å². The van der Waals surface area contributed by atoms with Crippen LogP contribution in [-0.4, -0.2) is 18.2 Å². The van der Waals surface area contributed by atoms with E-state index in [0.29, 0.717) is 11.6 Å². The van der Waals surface area contributed by atoms with Crippen molar-refractivity contribution in [3.05, 3.63) is 46.7 Å². The molecule has 0 bridgehead atoms. The minimum absolute atomic E-state index is 0.328. The molecule has 1 aromatic carbocycles. The molecule has 0 unspecified atom stereocenters. The lowest BCUT2D eigenvalue weighted by Crippen LogP contribution is -2.22. The van der Waals surface area contributed by atoms with E-state index in [4.69, 9.17) is 11.6 Å². The van der Waals surface area contributed by atoms with Gasteiger partial charge >= 0.3 is 6.18 Å². The lowest BCUT2D eigenvalue weighted by atomic mass is 10.1. The molecule has 0 fully saturated rings. The van der Waals surface area contributed by atoms with E-state index in [1.54, 1.807) is 10.9 Å². The monoisotopic (exact) mass is 380 g/mol. The first-order valence-corrected chi connectivity index (χ1v) is 8.97. The van der Waals surface area contributed by atoms with Crippen LogP contribution in [0, 0.1) is 0 Å². The molecular formula is C15H16ClF3N2O2S. The summed E-state index contributed by atoms with van der Waals surface area (Å²) in [4.78, 5) is -0.428. The van der Waals surface area contributed by atoms with Gasteiger partial charge in [0.25, 0.3) is 0 Å². The Morgan fingerprint density at radius 2 is 1.83 bits per heavy atom. The molecule has 0 aliphatic carbocycles. The second kappa shape index (κ2) is 6.07. The van der Waals surface area contributed by atoms with Crippen LogP contribution in [-0.2, 0) is 27.3 Å². The smallest absolute Gasteiger partial charge is 0.267 e. The van der Waals surface area contributed by atoms with Crippen molar-refractivity contribution in [2.45, 2.75) is 43.1 Å². The molecular weight excluding hydrogens is 365 g/mol. The summed E-state index contributed by atoms with van der Waals surface area (Å²) in [7, 11) is -3.96. The van der Waals surface area contributed by atoms with Crippen molar-refractivity contribution >= 4 is 21.4 Å². The van der Waals surface area contributed by atoms with E-state index >= 15 is 0 Å². The Balaban J connectivity index is 2.36. The maximum atomic E-state index is 12.9. The lowest BCUT2D eigenvalue weighted by Gasteiger charge is -2.18. The van der Waals surface area contributed by atoms with Crippen molar-refractivity contribution in [1.82, 2.24) is 9.78 Å². The summed E-state index contributed by atoms with van der Waals surface area (Å²) in [5, 5.41) is 3.55. The number of sulfone groups is 1. The highest BCUT2D eigenvalue weighted by Crippen LogP contribution is 2.36. The SMILES string of the molecule is CC(C)(C)n1cc(CS(=O)(=O)c2ccc(Cl)c(C(F)(F)F)c2)cn1. The third kappa shape index (κ3) is 4.10. The Labute approximate surface area is 143 Å². The molecule has 9 heteroatoms. The van der Waals surface area contributed by atoms with Crippen molar-refractivity contribution < 1.29 is 21.6 Å². The third-order valence-corrected chi connectivity index (χ3v) is 5.30. The largest absolute Gasteiger partial charge is 0.417 e. The predicted molar refractivity (Wildman–Crippen MR) is 84.6 cm³/mol. The van der Waals surface area contributed by atoms with Gasteiger partial charge in [-0.1, -0.05) is 11.6 Å². The number of hydrogen-bond donors (Lipinski definition) is 0. The van der Waals surface area contributed by atoms with E-state index in [1.165, 1.54) is 6.20 Å². The number of alkyl halides is 3. The Morgan fingerprint density at radius 3 is 2.33 bits per heavy atom. The molecule has 132 valence electrons. The molecule has 0 atom stereocenters. The molecule has 0 spiro atoms. The van der Waals surface area contributed by atoms with Crippen LogP contribution in [0.25, 0.3) is 0 Å². The Hall–Kier alpha value is -1.54.